The normalized spacial score (nSPS) is 31.0. The molecule has 0 aliphatic carbocycles. The van der Waals surface area contributed by atoms with Crippen LogP contribution < -0.4 is 0 Å². The summed E-state index contributed by atoms with van der Waals surface area (Å²) in [6.45, 7) is 8.11. The molecule has 7 nitrogen and oxygen atoms in total. The van der Waals surface area contributed by atoms with E-state index in [0.717, 1.165) is 65.1 Å². The Labute approximate surface area is 155 Å². The van der Waals surface area contributed by atoms with E-state index in [0.29, 0.717) is 18.2 Å². The van der Waals surface area contributed by atoms with E-state index in [9.17, 15) is 4.79 Å². The van der Waals surface area contributed by atoms with Crippen LogP contribution in [0.15, 0.2) is 12.3 Å². The first kappa shape index (κ1) is 17.9. The predicted octanol–water partition coefficient (Wildman–Crippen LogP) is 0.679. The number of ether oxygens (including phenoxy) is 1. The fourth-order valence-electron chi connectivity index (χ4n) is 4.70. The largest absolute Gasteiger partial charge is 0.373 e. The van der Waals surface area contributed by atoms with E-state index in [-0.39, 0.29) is 11.5 Å². The summed E-state index contributed by atoms with van der Waals surface area (Å²) < 4.78 is 8.01. The minimum atomic E-state index is -0.139. The van der Waals surface area contributed by atoms with Crippen LogP contribution in [0.3, 0.4) is 0 Å². The zero-order valence-electron chi connectivity index (χ0n) is 16.1. The molecule has 4 heterocycles. The molecule has 2 unspecified atom stereocenters. The molecule has 0 aromatic carbocycles. The molecule has 7 heteroatoms. The van der Waals surface area contributed by atoms with Crippen LogP contribution in [0.25, 0.3) is 0 Å². The topological polar surface area (TPSA) is 53.8 Å². The molecule has 3 saturated heterocycles. The van der Waals surface area contributed by atoms with Crippen LogP contribution in [0.4, 0.5) is 0 Å². The number of amides is 1. The summed E-state index contributed by atoms with van der Waals surface area (Å²) in [4.78, 5) is 19.7. The molecule has 0 saturated carbocycles. The van der Waals surface area contributed by atoms with Gasteiger partial charge in [-0.25, -0.2) is 0 Å². The Morgan fingerprint density at radius 2 is 2.08 bits per heavy atom. The average Bonchev–Trinajstić information content (AvgIpc) is 3.23. The van der Waals surface area contributed by atoms with Crippen molar-refractivity contribution in [3.05, 3.63) is 18.0 Å². The number of piperidine rings is 1. The van der Waals surface area contributed by atoms with Crippen LogP contribution in [-0.2, 0) is 11.8 Å². The number of rotatable bonds is 3. The molecule has 0 N–H and O–H groups in total. The highest BCUT2D eigenvalue weighted by atomic mass is 16.5. The van der Waals surface area contributed by atoms with Gasteiger partial charge in [0.15, 0.2) is 0 Å². The van der Waals surface area contributed by atoms with Gasteiger partial charge in [0.2, 0.25) is 0 Å². The molecule has 0 bridgehead atoms. The van der Waals surface area contributed by atoms with Crippen molar-refractivity contribution in [2.24, 2.45) is 13.0 Å². The van der Waals surface area contributed by atoms with Gasteiger partial charge in [-0.05, 0) is 38.3 Å². The number of aromatic nitrogens is 2. The maximum Gasteiger partial charge on any atom is 0.274 e. The van der Waals surface area contributed by atoms with Crippen molar-refractivity contribution >= 4 is 5.91 Å². The number of hydrogen-bond acceptors (Lipinski definition) is 5. The zero-order valence-corrected chi connectivity index (χ0v) is 16.1. The molecule has 4 rings (SSSR count). The molecule has 2 atom stereocenters. The summed E-state index contributed by atoms with van der Waals surface area (Å²) in [7, 11) is 4.04. The lowest BCUT2D eigenvalue weighted by Crippen LogP contribution is -2.50. The Morgan fingerprint density at radius 3 is 2.81 bits per heavy atom. The number of carbonyl (C=O) groups is 1. The Hall–Kier alpha value is -1.44. The number of carbonyl (C=O) groups excluding carboxylic acids is 1. The second-order valence-electron chi connectivity index (χ2n) is 8.37. The Bertz CT molecular complexity index is 640. The standard InChI is InChI=1S/C19H31N5O2/c1-21-8-10-23(11-9-21)13-16-12-19(26-14-16)5-3-6-24(15-19)18(25)17-4-7-22(2)20-17/h4,7,16H,3,5-6,8-15H2,1-2H3. The van der Waals surface area contributed by atoms with E-state index < -0.39 is 0 Å². The molecule has 3 aliphatic rings. The molecule has 3 aliphatic heterocycles. The quantitative estimate of drug-likeness (QED) is 0.792. The summed E-state index contributed by atoms with van der Waals surface area (Å²) >= 11 is 0. The van der Waals surface area contributed by atoms with Gasteiger partial charge >= 0.3 is 0 Å². The minimum absolute atomic E-state index is 0.0378. The maximum absolute atomic E-state index is 12.8. The van der Waals surface area contributed by atoms with E-state index >= 15 is 0 Å². The molecular formula is C19H31N5O2. The molecule has 1 spiro atoms. The summed E-state index contributed by atoms with van der Waals surface area (Å²) in [6.07, 6.45) is 4.98. The predicted molar refractivity (Wildman–Crippen MR) is 99.1 cm³/mol. The van der Waals surface area contributed by atoms with Crippen molar-refractivity contribution < 1.29 is 9.53 Å². The van der Waals surface area contributed by atoms with Crippen molar-refractivity contribution in [2.45, 2.75) is 24.9 Å². The number of likely N-dealkylation sites (tertiary alicyclic amines) is 1. The van der Waals surface area contributed by atoms with Gasteiger partial charge < -0.3 is 19.4 Å². The van der Waals surface area contributed by atoms with Gasteiger partial charge in [0, 0.05) is 52.5 Å². The Balaban J connectivity index is 1.34. The fourth-order valence-corrected chi connectivity index (χ4v) is 4.70. The number of nitrogens with zero attached hydrogens (tertiary/aromatic N) is 5. The first-order chi connectivity index (χ1) is 12.5. The number of aryl methyl sites for hydroxylation is 1. The highest BCUT2D eigenvalue weighted by molar-refractivity contribution is 5.92. The lowest BCUT2D eigenvalue weighted by Gasteiger charge is -2.39. The molecule has 1 amide bonds. The van der Waals surface area contributed by atoms with Crippen LogP contribution in [0.5, 0.6) is 0 Å². The highest BCUT2D eigenvalue weighted by Crippen LogP contribution is 2.38. The monoisotopic (exact) mass is 361 g/mol. The van der Waals surface area contributed by atoms with Crippen molar-refractivity contribution in [1.82, 2.24) is 24.5 Å². The van der Waals surface area contributed by atoms with Crippen LogP contribution in [0, 0.1) is 5.92 Å². The molecule has 0 radical (unpaired) electrons. The summed E-state index contributed by atoms with van der Waals surface area (Å²) in [6, 6.07) is 1.80. The lowest BCUT2D eigenvalue weighted by atomic mass is 9.86. The van der Waals surface area contributed by atoms with E-state index in [1.807, 2.05) is 18.1 Å². The molecule has 26 heavy (non-hydrogen) atoms. The van der Waals surface area contributed by atoms with Crippen molar-refractivity contribution in [3.8, 4) is 0 Å². The molecule has 3 fully saturated rings. The van der Waals surface area contributed by atoms with E-state index in [1.54, 1.807) is 10.7 Å². The number of piperazine rings is 1. The van der Waals surface area contributed by atoms with E-state index in [1.165, 1.54) is 0 Å². The summed E-state index contributed by atoms with van der Waals surface area (Å²) in [5, 5.41) is 4.27. The van der Waals surface area contributed by atoms with Crippen LogP contribution in [-0.4, -0.2) is 95.5 Å². The van der Waals surface area contributed by atoms with Gasteiger partial charge in [0.25, 0.3) is 5.91 Å². The molecular weight excluding hydrogens is 330 g/mol. The molecule has 1 aromatic rings. The fraction of sp³-hybridized carbons (Fsp3) is 0.789. The zero-order chi connectivity index (χ0) is 18.1. The van der Waals surface area contributed by atoms with Crippen molar-refractivity contribution in [3.63, 3.8) is 0 Å². The maximum atomic E-state index is 12.8. The van der Waals surface area contributed by atoms with E-state index in [2.05, 4.69) is 21.9 Å². The second kappa shape index (κ2) is 7.29. The van der Waals surface area contributed by atoms with Crippen molar-refractivity contribution in [2.75, 3.05) is 59.5 Å². The highest BCUT2D eigenvalue weighted by Gasteiger charge is 2.45. The third-order valence-corrected chi connectivity index (χ3v) is 6.16. The third kappa shape index (κ3) is 3.80. The summed E-state index contributed by atoms with van der Waals surface area (Å²) in [5.74, 6) is 0.624. The van der Waals surface area contributed by atoms with Gasteiger partial charge in [0.05, 0.1) is 18.8 Å². The number of likely N-dealkylation sites (N-methyl/N-ethyl adjacent to an activating group) is 1. The van der Waals surface area contributed by atoms with Gasteiger partial charge in [0.1, 0.15) is 5.69 Å². The minimum Gasteiger partial charge on any atom is -0.373 e. The van der Waals surface area contributed by atoms with Crippen LogP contribution in [0.1, 0.15) is 29.8 Å². The molecule has 1 aromatic heterocycles. The molecule has 144 valence electrons. The third-order valence-electron chi connectivity index (χ3n) is 6.16. The van der Waals surface area contributed by atoms with Crippen LogP contribution >= 0.6 is 0 Å². The van der Waals surface area contributed by atoms with Gasteiger partial charge in [-0.15, -0.1) is 0 Å². The van der Waals surface area contributed by atoms with E-state index in [4.69, 9.17) is 4.74 Å². The Morgan fingerprint density at radius 1 is 1.27 bits per heavy atom. The lowest BCUT2D eigenvalue weighted by molar-refractivity contribution is -0.0452. The van der Waals surface area contributed by atoms with Gasteiger partial charge in [-0.1, -0.05) is 0 Å². The first-order valence-electron chi connectivity index (χ1n) is 9.87. The van der Waals surface area contributed by atoms with Crippen LogP contribution in [0.2, 0.25) is 0 Å². The van der Waals surface area contributed by atoms with Crippen molar-refractivity contribution in [1.29, 1.82) is 0 Å². The number of hydrogen-bond donors (Lipinski definition) is 0. The van der Waals surface area contributed by atoms with Gasteiger partial charge in [-0.3, -0.25) is 9.48 Å². The first-order valence-corrected chi connectivity index (χ1v) is 9.87. The SMILES string of the molecule is CN1CCN(CC2COC3(CCCN(C(=O)c4ccn(C)n4)C3)C2)CC1. The smallest absolute Gasteiger partial charge is 0.274 e. The average molecular weight is 361 g/mol. The second-order valence-corrected chi connectivity index (χ2v) is 8.37. The summed E-state index contributed by atoms with van der Waals surface area (Å²) in [5.41, 5.74) is 0.400. The van der Waals surface area contributed by atoms with Gasteiger partial charge in [-0.2, -0.15) is 5.10 Å². The Kier molecular flexibility index (Phi) is 5.03.